The van der Waals surface area contributed by atoms with Gasteiger partial charge in [-0.3, -0.25) is 4.79 Å². The molecule has 0 saturated carbocycles. The monoisotopic (exact) mass is 327 g/mol. The van der Waals surface area contributed by atoms with Gasteiger partial charge in [-0.05, 0) is 6.07 Å². The lowest BCUT2D eigenvalue weighted by atomic mass is 10.1. The Balaban J connectivity index is 1.70. The summed E-state index contributed by atoms with van der Waals surface area (Å²) in [5, 5.41) is 2.85. The molecule has 3 rings (SSSR count). The van der Waals surface area contributed by atoms with Crippen molar-refractivity contribution in [1.29, 1.82) is 0 Å². The number of ether oxygens (including phenoxy) is 1. The maximum absolute atomic E-state index is 12.6. The third kappa shape index (κ3) is 3.60. The quantitative estimate of drug-likeness (QED) is 0.829. The van der Waals surface area contributed by atoms with E-state index in [1.165, 1.54) is 4.90 Å². The predicted molar refractivity (Wildman–Crippen MR) is 84.9 cm³/mol. The van der Waals surface area contributed by atoms with Crippen LogP contribution in [-0.2, 0) is 4.79 Å². The van der Waals surface area contributed by atoms with E-state index in [9.17, 15) is 9.59 Å². The van der Waals surface area contributed by atoms with E-state index in [1.807, 2.05) is 18.2 Å². The van der Waals surface area contributed by atoms with E-state index in [0.717, 1.165) is 0 Å². The van der Waals surface area contributed by atoms with Gasteiger partial charge in [0.1, 0.15) is 0 Å². The molecule has 0 bridgehead atoms. The molecule has 1 aromatic carbocycles. The summed E-state index contributed by atoms with van der Waals surface area (Å²) in [4.78, 5) is 33.0. The minimum Gasteiger partial charge on any atom is -0.445 e. The molecular formula is C16H17N5O3. The fraction of sp³-hybridized carbons (Fsp3) is 0.250. The number of nitrogens with two attached hydrogens (primary N) is 1. The van der Waals surface area contributed by atoms with Crippen LogP contribution in [0.1, 0.15) is 11.7 Å². The molecule has 24 heavy (non-hydrogen) atoms. The number of carbonyl (C=O) groups is 2. The zero-order chi connectivity index (χ0) is 16.9. The summed E-state index contributed by atoms with van der Waals surface area (Å²) in [5.74, 6) is -0.317. The number of nitrogens with one attached hydrogen (secondary N) is 1. The van der Waals surface area contributed by atoms with Crippen molar-refractivity contribution in [3.05, 3.63) is 54.4 Å². The van der Waals surface area contributed by atoms with Gasteiger partial charge in [-0.2, -0.15) is 0 Å². The van der Waals surface area contributed by atoms with Crippen molar-refractivity contribution >= 4 is 11.9 Å². The number of likely N-dealkylation sites (tertiary alicyclic amines) is 1. The molecule has 8 nitrogen and oxygen atoms in total. The molecule has 8 heteroatoms. The Hall–Kier alpha value is -3.16. The number of benzene rings is 1. The lowest BCUT2D eigenvalue weighted by Crippen LogP contribution is -2.62. The first-order valence-electron chi connectivity index (χ1n) is 7.47. The van der Waals surface area contributed by atoms with Gasteiger partial charge in [0.2, 0.25) is 6.10 Å². The molecule has 2 aromatic rings. The summed E-state index contributed by atoms with van der Waals surface area (Å²) >= 11 is 0. The number of aromatic nitrogens is 2. The SMILES string of the molecule is NC(=O)N1CC(NC(=O)C(Oc2ncccn2)c2ccccc2)C1. The molecule has 1 fully saturated rings. The Kier molecular flexibility index (Phi) is 4.55. The van der Waals surface area contributed by atoms with Crippen molar-refractivity contribution in [3.63, 3.8) is 0 Å². The number of nitrogens with zero attached hydrogens (tertiary/aromatic N) is 3. The van der Waals surface area contributed by atoms with Crippen molar-refractivity contribution in [2.24, 2.45) is 5.73 Å². The van der Waals surface area contributed by atoms with Crippen LogP contribution < -0.4 is 15.8 Å². The average Bonchev–Trinajstić information content (AvgIpc) is 2.56. The maximum atomic E-state index is 12.6. The van der Waals surface area contributed by atoms with E-state index in [0.29, 0.717) is 18.7 Å². The molecule has 2 heterocycles. The molecule has 1 aliphatic rings. The predicted octanol–water partition coefficient (Wildman–Crippen LogP) is 0.476. The van der Waals surface area contributed by atoms with E-state index in [2.05, 4.69) is 15.3 Å². The van der Waals surface area contributed by atoms with E-state index in [-0.39, 0.29) is 18.0 Å². The average molecular weight is 327 g/mol. The summed E-state index contributed by atoms with van der Waals surface area (Å²) in [5.41, 5.74) is 5.87. The second-order valence-electron chi connectivity index (χ2n) is 5.39. The van der Waals surface area contributed by atoms with Crippen LogP contribution in [0.15, 0.2) is 48.8 Å². The van der Waals surface area contributed by atoms with Gasteiger partial charge in [0.25, 0.3) is 5.91 Å². The van der Waals surface area contributed by atoms with Crippen LogP contribution >= 0.6 is 0 Å². The Morgan fingerprint density at radius 3 is 2.46 bits per heavy atom. The highest BCUT2D eigenvalue weighted by Gasteiger charge is 2.33. The summed E-state index contributed by atoms with van der Waals surface area (Å²) in [7, 11) is 0. The molecule has 1 unspecified atom stereocenters. The van der Waals surface area contributed by atoms with E-state index >= 15 is 0 Å². The number of carbonyl (C=O) groups excluding carboxylic acids is 2. The van der Waals surface area contributed by atoms with E-state index in [1.54, 1.807) is 30.6 Å². The molecule has 3 amide bonds. The normalized spacial score (nSPS) is 15.2. The van der Waals surface area contributed by atoms with Crippen molar-refractivity contribution < 1.29 is 14.3 Å². The zero-order valence-corrected chi connectivity index (χ0v) is 12.8. The highest BCUT2D eigenvalue weighted by Crippen LogP contribution is 2.20. The summed E-state index contributed by atoms with van der Waals surface area (Å²) in [6.07, 6.45) is 2.20. The van der Waals surface area contributed by atoms with Gasteiger partial charge < -0.3 is 20.7 Å². The van der Waals surface area contributed by atoms with Crippen LogP contribution in [0.5, 0.6) is 6.01 Å². The van der Waals surface area contributed by atoms with Crippen LogP contribution in [0, 0.1) is 0 Å². The third-order valence-electron chi connectivity index (χ3n) is 3.65. The molecule has 1 atom stereocenters. The fourth-order valence-corrected chi connectivity index (χ4v) is 2.38. The number of hydrogen-bond acceptors (Lipinski definition) is 5. The summed E-state index contributed by atoms with van der Waals surface area (Å²) in [6, 6.07) is 10.2. The maximum Gasteiger partial charge on any atom is 0.317 e. The molecule has 1 aliphatic heterocycles. The zero-order valence-electron chi connectivity index (χ0n) is 12.8. The van der Waals surface area contributed by atoms with Gasteiger partial charge in [-0.15, -0.1) is 0 Å². The van der Waals surface area contributed by atoms with Crippen LogP contribution in [0.3, 0.4) is 0 Å². The first-order chi connectivity index (χ1) is 11.6. The molecule has 0 aliphatic carbocycles. The number of rotatable bonds is 5. The summed E-state index contributed by atoms with van der Waals surface area (Å²) < 4.78 is 5.67. The summed E-state index contributed by atoms with van der Waals surface area (Å²) in [6.45, 7) is 0.787. The Labute approximate surface area is 138 Å². The topological polar surface area (TPSA) is 110 Å². The van der Waals surface area contributed by atoms with Crippen LogP contribution in [0.2, 0.25) is 0 Å². The number of urea groups is 1. The standard InChI is InChI=1S/C16H17N5O3/c17-15(23)21-9-12(10-21)20-14(22)13(11-5-2-1-3-6-11)24-16-18-7-4-8-19-16/h1-8,12-13H,9-10H2,(H2,17,23)(H,20,22). The van der Waals surface area contributed by atoms with Gasteiger partial charge in [0.15, 0.2) is 0 Å². The number of hydrogen-bond donors (Lipinski definition) is 2. The minimum atomic E-state index is -0.878. The third-order valence-corrected chi connectivity index (χ3v) is 3.65. The minimum absolute atomic E-state index is 0.119. The molecular weight excluding hydrogens is 310 g/mol. The van der Waals surface area contributed by atoms with Gasteiger partial charge in [-0.25, -0.2) is 14.8 Å². The smallest absolute Gasteiger partial charge is 0.317 e. The van der Waals surface area contributed by atoms with Crippen LogP contribution in [-0.4, -0.2) is 45.9 Å². The van der Waals surface area contributed by atoms with Gasteiger partial charge >= 0.3 is 12.0 Å². The Morgan fingerprint density at radius 1 is 1.17 bits per heavy atom. The number of amides is 3. The molecule has 1 aromatic heterocycles. The van der Waals surface area contributed by atoms with Crippen molar-refractivity contribution in [2.45, 2.75) is 12.1 Å². The van der Waals surface area contributed by atoms with Crippen molar-refractivity contribution in [2.75, 3.05) is 13.1 Å². The van der Waals surface area contributed by atoms with Gasteiger partial charge in [0, 0.05) is 31.0 Å². The van der Waals surface area contributed by atoms with E-state index in [4.69, 9.17) is 10.5 Å². The molecule has 1 saturated heterocycles. The Morgan fingerprint density at radius 2 is 1.83 bits per heavy atom. The van der Waals surface area contributed by atoms with Gasteiger partial charge in [0.05, 0.1) is 6.04 Å². The van der Waals surface area contributed by atoms with Crippen LogP contribution in [0.4, 0.5) is 4.79 Å². The van der Waals surface area contributed by atoms with E-state index < -0.39 is 12.1 Å². The second-order valence-corrected chi connectivity index (χ2v) is 5.39. The second kappa shape index (κ2) is 6.95. The van der Waals surface area contributed by atoms with Crippen LogP contribution in [0.25, 0.3) is 0 Å². The first kappa shape index (κ1) is 15.7. The molecule has 3 N–H and O–H groups in total. The fourth-order valence-electron chi connectivity index (χ4n) is 2.38. The van der Waals surface area contributed by atoms with Crippen molar-refractivity contribution in [3.8, 4) is 6.01 Å². The highest BCUT2D eigenvalue weighted by atomic mass is 16.5. The molecule has 0 spiro atoms. The Bertz CT molecular complexity index is 704. The lowest BCUT2D eigenvalue weighted by Gasteiger charge is -2.38. The highest BCUT2D eigenvalue weighted by molar-refractivity contribution is 5.83. The molecule has 0 radical (unpaired) electrons. The van der Waals surface area contributed by atoms with Crippen molar-refractivity contribution in [1.82, 2.24) is 20.2 Å². The number of primary amides is 1. The lowest BCUT2D eigenvalue weighted by molar-refractivity contribution is -0.130. The van der Waals surface area contributed by atoms with Gasteiger partial charge in [-0.1, -0.05) is 30.3 Å². The largest absolute Gasteiger partial charge is 0.445 e. The first-order valence-corrected chi connectivity index (χ1v) is 7.47. The molecule has 124 valence electrons.